The smallest absolute Gasteiger partial charge is 0.242 e. The third-order valence-electron chi connectivity index (χ3n) is 3.79. The zero-order valence-electron chi connectivity index (χ0n) is 13.5. The van der Waals surface area contributed by atoms with Crippen molar-refractivity contribution in [2.24, 2.45) is 0 Å². The molecule has 1 fully saturated rings. The Morgan fingerprint density at radius 3 is 2.17 bits per heavy atom. The maximum absolute atomic E-state index is 12.3. The van der Waals surface area contributed by atoms with E-state index < -0.39 is 0 Å². The third-order valence-corrected chi connectivity index (χ3v) is 5.51. The lowest BCUT2D eigenvalue weighted by atomic mass is 10.2. The van der Waals surface area contributed by atoms with E-state index in [0.29, 0.717) is 19.4 Å². The van der Waals surface area contributed by atoms with E-state index in [4.69, 9.17) is 0 Å². The number of hydrogen-bond acceptors (Lipinski definition) is 4. The van der Waals surface area contributed by atoms with Gasteiger partial charge in [0.05, 0.1) is 10.5 Å². The van der Waals surface area contributed by atoms with Gasteiger partial charge in [0, 0.05) is 6.54 Å². The second kappa shape index (κ2) is 8.15. The molecule has 1 aromatic rings. The summed E-state index contributed by atoms with van der Waals surface area (Å²) in [5, 5.41) is 2.29. The molecular formula is C17H22N2O3S. The first-order chi connectivity index (χ1) is 11.1. The zero-order valence-corrected chi connectivity index (χ0v) is 14.3. The highest BCUT2D eigenvalue weighted by Gasteiger charge is 2.40. The van der Waals surface area contributed by atoms with Crippen LogP contribution in [-0.2, 0) is 20.9 Å². The van der Waals surface area contributed by atoms with Crippen LogP contribution in [0.15, 0.2) is 30.3 Å². The van der Waals surface area contributed by atoms with Crippen LogP contribution >= 0.6 is 11.8 Å². The molecule has 1 aliphatic rings. The molecule has 23 heavy (non-hydrogen) atoms. The minimum absolute atomic E-state index is 0.196. The Kier molecular flexibility index (Phi) is 6.21. The van der Waals surface area contributed by atoms with Gasteiger partial charge in [-0.1, -0.05) is 44.2 Å². The summed E-state index contributed by atoms with van der Waals surface area (Å²) in [5.41, 5.74) is 0.977. The molecule has 0 saturated carbocycles. The molecule has 5 nitrogen and oxygen atoms in total. The lowest BCUT2D eigenvalue weighted by Crippen LogP contribution is -2.54. The van der Waals surface area contributed by atoms with Gasteiger partial charge in [0.25, 0.3) is 0 Å². The van der Waals surface area contributed by atoms with Gasteiger partial charge in [0.2, 0.25) is 17.7 Å². The predicted octanol–water partition coefficient (Wildman–Crippen LogP) is 1.96. The van der Waals surface area contributed by atoms with Crippen molar-refractivity contribution in [3.8, 4) is 0 Å². The Morgan fingerprint density at radius 2 is 1.65 bits per heavy atom. The Hall–Kier alpha value is -1.82. The molecule has 1 heterocycles. The fourth-order valence-corrected chi connectivity index (χ4v) is 3.73. The Morgan fingerprint density at radius 1 is 1.09 bits per heavy atom. The molecule has 6 heteroatoms. The van der Waals surface area contributed by atoms with E-state index in [0.717, 1.165) is 10.5 Å². The van der Waals surface area contributed by atoms with Gasteiger partial charge in [0.1, 0.15) is 6.54 Å². The molecular weight excluding hydrogens is 312 g/mol. The SMILES string of the molecule is CC[C@@H]1S[C@H](CC)C(=O)N(CC(=O)NCc2ccccc2)C1=O. The van der Waals surface area contributed by atoms with Crippen molar-refractivity contribution in [1.82, 2.24) is 10.2 Å². The van der Waals surface area contributed by atoms with Gasteiger partial charge in [0.15, 0.2) is 0 Å². The Bertz CT molecular complexity index is 554. The van der Waals surface area contributed by atoms with Crippen LogP contribution < -0.4 is 5.32 Å². The van der Waals surface area contributed by atoms with Crippen molar-refractivity contribution in [3.63, 3.8) is 0 Å². The summed E-state index contributed by atoms with van der Waals surface area (Å²) < 4.78 is 0. The van der Waals surface area contributed by atoms with Crippen LogP contribution in [0.5, 0.6) is 0 Å². The molecule has 1 aliphatic heterocycles. The summed E-state index contributed by atoms with van der Waals surface area (Å²) >= 11 is 1.42. The first-order valence-corrected chi connectivity index (χ1v) is 8.82. The fraction of sp³-hybridized carbons (Fsp3) is 0.471. The highest BCUT2D eigenvalue weighted by molar-refractivity contribution is 8.02. The molecule has 0 radical (unpaired) electrons. The average Bonchev–Trinajstić information content (AvgIpc) is 2.58. The van der Waals surface area contributed by atoms with Gasteiger partial charge >= 0.3 is 0 Å². The van der Waals surface area contributed by atoms with Crippen molar-refractivity contribution < 1.29 is 14.4 Å². The van der Waals surface area contributed by atoms with Crippen LogP contribution in [0.2, 0.25) is 0 Å². The fourth-order valence-electron chi connectivity index (χ4n) is 2.46. The van der Waals surface area contributed by atoms with Crippen molar-refractivity contribution in [3.05, 3.63) is 35.9 Å². The molecule has 1 N–H and O–H groups in total. The standard InChI is InChI=1S/C17H22N2O3S/c1-3-13-16(21)19(17(22)14(4-2)23-13)11-15(20)18-10-12-8-6-5-7-9-12/h5-9,13-14H,3-4,10-11H2,1-2H3,(H,18,20)/t13-,14+. The normalized spacial score (nSPS) is 21.4. The van der Waals surface area contributed by atoms with Crippen molar-refractivity contribution >= 4 is 29.5 Å². The molecule has 0 aliphatic carbocycles. The molecule has 0 aromatic heterocycles. The van der Waals surface area contributed by atoms with Gasteiger partial charge in [-0.15, -0.1) is 11.8 Å². The number of benzene rings is 1. The maximum Gasteiger partial charge on any atom is 0.242 e. The van der Waals surface area contributed by atoms with Crippen LogP contribution in [0.3, 0.4) is 0 Å². The van der Waals surface area contributed by atoms with E-state index in [1.165, 1.54) is 11.8 Å². The molecule has 1 aromatic carbocycles. The molecule has 3 amide bonds. The zero-order chi connectivity index (χ0) is 16.8. The summed E-state index contributed by atoms with van der Waals surface area (Å²) in [4.78, 5) is 37.9. The van der Waals surface area contributed by atoms with Gasteiger partial charge in [-0.3, -0.25) is 19.3 Å². The van der Waals surface area contributed by atoms with Crippen LogP contribution in [-0.4, -0.2) is 39.7 Å². The van der Waals surface area contributed by atoms with Gasteiger partial charge in [-0.05, 0) is 18.4 Å². The second-order valence-corrected chi connectivity index (χ2v) is 6.87. The van der Waals surface area contributed by atoms with Crippen LogP contribution in [0.4, 0.5) is 0 Å². The van der Waals surface area contributed by atoms with E-state index in [-0.39, 0.29) is 34.8 Å². The molecule has 0 unspecified atom stereocenters. The van der Waals surface area contributed by atoms with Crippen LogP contribution in [0.1, 0.15) is 32.3 Å². The van der Waals surface area contributed by atoms with E-state index >= 15 is 0 Å². The van der Waals surface area contributed by atoms with E-state index in [1.807, 2.05) is 44.2 Å². The average molecular weight is 334 g/mol. The molecule has 0 bridgehead atoms. The second-order valence-electron chi connectivity index (χ2n) is 5.45. The summed E-state index contributed by atoms with van der Waals surface area (Å²) in [5.74, 6) is -0.809. The number of hydrogen-bond donors (Lipinski definition) is 1. The third kappa shape index (κ3) is 4.34. The van der Waals surface area contributed by atoms with E-state index in [9.17, 15) is 14.4 Å². The number of carbonyl (C=O) groups is 3. The monoisotopic (exact) mass is 334 g/mol. The summed E-state index contributed by atoms with van der Waals surface area (Å²) in [7, 11) is 0. The Balaban J connectivity index is 1.97. The largest absolute Gasteiger partial charge is 0.350 e. The van der Waals surface area contributed by atoms with Crippen molar-refractivity contribution in [1.29, 1.82) is 0 Å². The van der Waals surface area contributed by atoms with E-state index in [1.54, 1.807) is 0 Å². The minimum atomic E-state index is -0.313. The van der Waals surface area contributed by atoms with Crippen LogP contribution in [0, 0.1) is 0 Å². The topological polar surface area (TPSA) is 66.5 Å². The lowest BCUT2D eigenvalue weighted by Gasteiger charge is -2.34. The summed E-state index contributed by atoms with van der Waals surface area (Å²) in [6, 6.07) is 9.52. The lowest BCUT2D eigenvalue weighted by molar-refractivity contribution is -0.148. The number of rotatable bonds is 6. The van der Waals surface area contributed by atoms with Crippen molar-refractivity contribution in [2.75, 3.05) is 6.54 Å². The maximum atomic E-state index is 12.3. The highest BCUT2D eigenvalue weighted by Crippen LogP contribution is 2.31. The highest BCUT2D eigenvalue weighted by atomic mass is 32.2. The molecule has 2 atom stereocenters. The number of nitrogens with zero attached hydrogens (tertiary/aromatic N) is 1. The van der Waals surface area contributed by atoms with Crippen molar-refractivity contribution in [2.45, 2.75) is 43.7 Å². The van der Waals surface area contributed by atoms with Gasteiger partial charge in [-0.2, -0.15) is 0 Å². The van der Waals surface area contributed by atoms with E-state index in [2.05, 4.69) is 5.32 Å². The molecule has 2 rings (SSSR count). The van der Waals surface area contributed by atoms with Gasteiger partial charge in [-0.25, -0.2) is 0 Å². The number of imide groups is 1. The predicted molar refractivity (Wildman–Crippen MR) is 90.8 cm³/mol. The van der Waals surface area contributed by atoms with Crippen LogP contribution in [0.25, 0.3) is 0 Å². The summed E-state index contributed by atoms with van der Waals surface area (Å²) in [6.07, 6.45) is 1.32. The number of thioether (sulfide) groups is 1. The first kappa shape index (κ1) is 17.5. The molecule has 124 valence electrons. The quantitative estimate of drug-likeness (QED) is 0.808. The minimum Gasteiger partial charge on any atom is -0.350 e. The first-order valence-electron chi connectivity index (χ1n) is 7.88. The summed E-state index contributed by atoms with van der Waals surface area (Å²) in [6.45, 7) is 4.04. The Labute approximate surface area is 140 Å². The molecule has 1 saturated heterocycles. The molecule has 0 spiro atoms. The number of amides is 3. The van der Waals surface area contributed by atoms with Gasteiger partial charge < -0.3 is 5.32 Å². The number of nitrogens with one attached hydrogen (secondary N) is 1. The number of carbonyl (C=O) groups excluding carboxylic acids is 3.